The fourth-order valence-electron chi connectivity index (χ4n) is 0.927. The molecule has 0 aliphatic carbocycles. The van der Waals surface area contributed by atoms with Crippen molar-refractivity contribution in [1.29, 1.82) is 0 Å². The number of anilines is 1. The predicted octanol–water partition coefficient (Wildman–Crippen LogP) is 1.38. The van der Waals surface area contributed by atoms with Gasteiger partial charge >= 0.3 is 11.9 Å². The van der Waals surface area contributed by atoms with Crippen LogP contribution in [0, 0.1) is 0 Å². The summed E-state index contributed by atoms with van der Waals surface area (Å²) in [6.45, 7) is 5.97. The number of rotatable bonds is 3. The predicted molar refractivity (Wildman–Crippen MR) is 81.5 cm³/mol. The Balaban J connectivity index is 0.000000433. The van der Waals surface area contributed by atoms with Crippen molar-refractivity contribution in [2.75, 3.05) is 5.32 Å². The largest absolute Gasteiger partial charge is 0.478 e. The molecule has 0 radical (unpaired) electrons. The van der Waals surface area contributed by atoms with E-state index in [1.54, 1.807) is 6.20 Å². The smallest absolute Gasteiger partial charge is 0.328 e. The molecule has 0 aromatic carbocycles. The van der Waals surface area contributed by atoms with E-state index >= 15 is 0 Å². The van der Waals surface area contributed by atoms with Crippen LogP contribution in [0.1, 0.15) is 20.8 Å². The molecule has 0 spiro atoms. The van der Waals surface area contributed by atoms with Gasteiger partial charge in [-0.2, -0.15) is 0 Å². The number of hydrogen-bond acceptors (Lipinski definition) is 5. The van der Waals surface area contributed by atoms with Crippen LogP contribution in [0.4, 0.5) is 5.13 Å². The molecule has 5 N–H and O–H groups in total. The topological polar surface area (TPSA) is 138 Å². The van der Waals surface area contributed by atoms with E-state index < -0.39 is 11.9 Å². The molecule has 1 heterocycles. The number of hydrogen-bond donors (Lipinski definition) is 4. The molecule has 0 amide bonds. The number of nitrogens with zero attached hydrogens (tertiary/aromatic N) is 2. The maximum absolute atomic E-state index is 9.55. The Morgan fingerprint density at radius 2 is 1.86 bits per heavy atom. The van der Waals surface area contributed by atoms with Crippen molar-refractivity contribution in [3.8, 4) is 0 Å². The van der Waals surface area contributed by atoms with Crippen LogP contribution in [-0.2, 0) is 9.59 Å². The van der Waals surface area contributed by atoms with Crippen molar-refractivity contribution in [1.82, 2.24) is 4.98 Å². The number of thiazole rings is 1. The van der Waals surface area contributed by atoms with Gasteiger partial charge in [-0.15, -0.1) is 11.3 Å². The summed E-state index contributed by atoms with van der Waals surface area (Å²) in [5, 5.41) is 21.2. The van der Waals surface area contributed by atoms with E-state index in [1.807, 2.05) is 26.2 Å². The van der Waals surface area contributed by atoms with Gasteiger partial charge in [-0.25, -0.2) is 19.6 Å². The zero-order valence-electron chi connectivity index (χ0n) is 11.9. The van der Waals surface area contributed by atoms with Crippen LogP contribution in [0.2, 0.25) is 0 Å². The van der Waals surface area contributed by atoms with Gasteiger partial charge in [0, 0.05) is 23.7 Å². The van der Waals surface area contributed by atoms with E-state index in [0.29, 0.717) is 18.1 Å². The summed E-state index contributed by atoms with van der Waals surface area (Å²) in [5.74, 6) is -2.11. The van der Waals surface area contributed by atoms with Crippen molar-refractivity contribution < 1.29 is 19.8 Å². The number of guanidine groups is 1. The molecule has 0 aliphatic rings. The number of aliphatic carboxylic acids is 2. The molecule has 1 aromatic rings. The van der Waals surface area contributed by atoms with Crippen molar-refractivity contribution >= 4 is 34.4 Å². The molecule has 0 saturated carbocycles. The molecule has 0 saturated heterocycles. The summed E-state index contributed by atoms with van der Waals surface area (Å²) in [6.07, 6.45) is 2.84. The van der Waals surface area contributed by atoms with Gasteiger partial charge in [0.1, 0.15) is 0 Å². The van der Waals surface area contributed by atoms with Crippen LogP contribution in [0.15, 0.2) is 28.7 Å². The third-order valence-corrected chi connectivity index (χ3v) is 2.18. The van der Waals surface area contributed by atoms with Crippen molar-refractivity contribution in [2.45, 2.75) is 26.3 Å². The second-order valence-electron chi connectivity index (χ2n) is 4.64. The van der Waals surface area contributed by atoms with E-state index in [4.69, 9.17) is 15.9 Å². The molecule has 9 heteroatoms. The molecule has 0 bridgehead atoms. The first-order valence-corrected chi connectivity index (χ1v) is 6.64. The zero-order valence-corrected chi connectivity index (χ0v) is 12.7. The fraction of sp³-hybridized carbons (Fsp3) is 0.333. The van der Waals surface area contributed by atoms with Crippen LogP contribution in [0.5, 0.6) is 0 Å². The third-order valence-electron chi connectivity index (χ3n) is 1.49. The highest BCUT2D eigenvalue weighted by atomic mass is 32.1. The molecule has 0 aliphatic heterocycles. The summed E-state index contributed by atoms with van der Waals surface area (Å²) in [4.78, 5) is 27.4. The number of aromatic nitrogens is 1. The Bertz CT molecular complexity index is 502. The van der Waals surface area contributed by atoms with Crippen molar-refractivity contribution in [3.63, 3.8) is 0 Å². The molecule has 21 heavy (non-hydrogen) atoms. The lowest BCUT2D eigenvalue weighted by molar-refractivity contribution is -0.134. The van der Waals surface area contributed by atoms with Crippen molar-refractivity contribution in [2.24, 2.45) is 10.7 Å². The highest BCUT2D eigenvalue weighted by Crippen LogP contribution is 2.11. The van der Waals surface area contributed by atoms with Crippen LogP contribution in [0.25, 0.3) is 0 Å². The highest BCUT2D eigenvalue weighted by molar-refractivity contribution is 7.13. The fourth-order valence-corrected chi connectivity index (χ4v) is 1.46. The van der Waals surface area contributed by atoms with E-state index in [-0.39, 0.29) is 5.54 Å². The third kappa shape index (κ3) is 12.4. The van der Waals surface area contributed by atoms with Gasteiger partial charge in [-0.1, -0.05) is 0 Å². The highest BCUT2D eigenvalue weighted by Gasteiger charge is 2.08. The first-order valence-electron chi connectivity index (χ1n) is 5.76. The van der Waals surface area contributed by atoms with E-state index in [0.717, 1.165) is 5.13 Å². The Hall–Kier alpha value is -2.42. The maximum atomic E-state index is 9.55. The normalized spacial score (nSPS) is 11.7. The van der Waals surface area contributed by atoms with Gasteiger partial charge < -0.3 is 21.3 Å². The molecule has 0 fully saturated rings. The number of nitrogens with one attached hydrogen (secondary N) is 1. The molecular formula is C12H18N4O4S. The molecule has 0 atom stereocenters. The van der Waals surface area contributed by atoms with E-state index in [2.05, 4.69) is 15.3 Å². The minimum absolute atomic E-state index is 0.158. The summed E-state index contributed by atoms with van der Waals surface area (Å²) in [7, 11) is 0. The minimum Gasteiger partial charge on any atom is -0.478 e. The molecule has 1 aromatic heterocycles. The monoisotopic (exact) mass is 314 g/mol. The average molecular weight is 314 g/mol. The number of carbonyl (C=O) groups is 2. The van der Waals surface area contributed by atoms with Gasteiger partial charge in [0.05, 0.1) is 5.54 Å². The number of nitrogens with two attached hydrogens (primary N) is 1. The second kappa shape index (κ2) is 8.69. The average Bonchev–Trinajstić information content (AvgIpc) is 2.77. The minimum atomic E-state index is -1.26. The van der Waals surface area contributed by atoms with E-state index in [1.165, 1.54) is 11.3 Å². The van der Waals surface area contributed by atoms with Gasteiger partial charge in [0.15, 0.2) is 11.1 Å². The van der Waals surface area contributed by atoms with Gasteiger partial charge in [0.25, 0.3) is 0 Å². The SMILES string of the molecule is CC(C)(C)N=C(N)Nc1nccs1.O=C(O)C=CC(=O)O. The Kier molecular flexibility index (Phi) is 7.69. The lowest BCUT2D eigenvalue weighted by Gasteiger charge is -2.13. The van der Waals surface area contributed by atoms with Crippen LogP contribution in [-0.4, -0.2) is 38.6 Å². The second-order valence-corrected chi connectivity index (χ2v) is 5.53. The first-order chi connectivity index (χ1) is 9.60. The quantitative estimate of drug-likeness (QED) is 0.375. The number of aliphatic imine (C=N–C) groups is 1. The van der Waals surface area contributed by atoms with Gasteiger partial charge in [-0.3, -0.25) is 0 Å². The summed E-state index contributed by atoms with van der Waals surface area (Å²) >= 11 is 1.49. The van der Waals surface area contributed by atoms with Gasteiger partial charge in [0.2, 0.25) is 0 Å². The van der Waals surface area contributed by atoms with Gasteiger partial charge in [-0.05, 0) is 20.8 Å². The zero-order chi connectivity index (χ0) is 16.5. The van der Waals surface area contributed by atoms with Crippen LogP contribution in [0.3, 0.4) is 0 Å². The number of carboxylic acid groups (broad SMARTS) is 2. The Morgan fingerprint density at radius 3 is 2.19 bits per heavy atom. The summed E-state index contributed by atoms with van der Waals surface area (Å²) < 4.78 is 0. The van der Waals surface area contributed by atoms with Crippen molar-refractivity contribution in [3.05, 3.63) is 23.7 Å². The van der Waals surface area contributed by atoms with Crippen LogP contribution >= 0.6 is 11.3 Å². The molecule has 8 nitrogen and oxygen atoms in total. The van der Waals surface area contributed by atoms with E-state index in [9.17, 15) is 9.59 Å². The first kappa shape index (κ1) is 18.6. The summed E-state index contributed by atoms with van der Waals surface area (Å²) in [5.41, 5.74) is 5.50. The lowest BCUT2D eigenvalue weighted by Crippen LogP contribution is -2.27. The molecule has 116 valence electrons. The molecule has 1 rings (SSSR count). The molecular weight excluding hydrogens is 296 g/mol. The number of carboxylic acids is 2. The summed E-state index contributed by atoms with van der Waals surface area (Å²) in [6, 6.07) is 0. The standard InChI is InChI=1S/C8H14N4S.C4H4O4/c1-8(2,3)12-6(9)11-7-10-4-5-13-7;5-3(6)1-2-4(7)8/h4-5H,1-3H3,(H3,9,10,11,12);1-2H,(H,5,6)(H,7,8). The Morgan fingerprint density at radius 1 is 1.33 bits per heavy atom. The maximum Gasteiger partial charge on any atom is 0.328 e. The Labute approximate surface area is 126 Å². The lowest BCUT2D eigenvalue weighted by atomic mass is 10.1. The molecule has 0 unspecified atom stereocenters. The van der Waals surface area contributed by atoms with Crippen LogP contribution < -0.4 is 11.1 Å².